The molecular formula is C24H26ClN3O5. The number of hydrogen-bond acceptors (Lipinski definition) is 5. The zero-order chi connectivity index (χ0) is 23.5. The van der Waals surface area contributed by atoms with Crippen LogP contribution >= 0.6 is 11.6 Å². The molecule has 33 heavy (non-hydrogen) atoms. The van der Waals surface area contributed by atoms with Gasteiger partial charge in [0, 0.05) is 19.8 Å². The molecule has 0 unspecified atom stereocenters. The van der Waals surface area contributed by atoms with E-state index < -0.39 is 0 Å². The number of halogens is 1. The van der Waals surface area contributed by atoms with Gasteiger partial charge >= 0.3 is 0 Å². The molecule has 2 aliphatic heterocycles. The Balaban J connectivity index is 1.52. The van der Waals surface area contributed by atoms with Gasteiger partial charge in [-0.1, -0.05) is 23.7 Å². The Morgan fingerprint density at radius 1 is 1.18 bits per heavy atom. The number of fused-ring (bicyclic) bond motifs is 2. The maximum Gasteiger partial charge on any atom is 0.257 e. The van der Waals surface area contributed by atoms with E-state index in [1.54, 1.807) is 61.5 Å². The summed E-state index contributed by atoms with van der Waals surface area (Å²) in [6.45, 7) is 0.255. The Morgan fingerprint density at radius 2 is 1.97 bits per heavy atom. The molecular weight excluding hydrogens is 446 g/mol. The zero-order valence-corrected chi connectivity index (χ0v) is 19.2. The highest BCUT2D eigenvalue weighted by Gasteiger charge is 2.39. The lowest BCUT2D eigenvalue weighted by Gasteiger charge is -2.42. The Bertz CT molecular complexity index is 1080. The number of ether oxygens (including phenoxy) is 2. The van der Waals surface area contributed by atoms with E-state index in [2.05, 4.69) is 10.6 Å². The fraction of sp³-hybridized carbons (Fsp3) is 0.375. The van der Waals surface area contributed by atoms with Gasteiger partial charge in [0.05, 0.1) is 34.7 Å². The highest BCUT2D eigenvalue weighted by atomic mass is 35.5. The molecule has 0 saturated carbocycles. The van der Waals surface area contributed by atoms with Gasteiger partial charge in [-0.3, -0.25) is 14.4 Å². The van der Waals surface area contributed by atoms with Crippen molar-refractivity contribution in [2.24, 2.45) is 0 Å². The van der Waals surface area contributed by atoms with Crippen molar-refractivity contribution in [3.05, 3.63) is 58.6 Å². The molecule has 0 aliphatic carbocycles. The van der Waals surface area contributed by atoms with Crippen molar-refractivity contribution in [2.45, 2.75) is 37.5 Å². The number of carbonyl (C=O) groups is 3. The number of rotatable bonds is 4. The van der Waals surface area contributed by atoms with Crippen LogP contribution in [0.15, 0.2) is 42.5 Å². The summed E-state index contributed by atoms with van der Waals surface area (Å²) in [6.07, 6.45) is 1.11. The van der Waals surface area contributed by atoms with Crippen molar-refractivity contribution in [1.29, 1.82) is 0 Å². The van der Waals surface area contributed by atoms with E-state index >= 15 is 0 Å². The number of benzene rings is 2. The minimum atomic E-state index is -0.365. The number of nitrogens with one attached hydrogen (secondary N) is 2. The SMILES string of the molecule is CNC(=O)C[C@@H]1CC[C@@H]2[C@H](COc3ccc(NC(=O)c4ccccc4Cl)cc3C(=O)N2C)O1. The van der Waals surface area contributed by atoms with Crippen LogP contribution in [-0.2, 0) is 9.53 Å². The van der Waals surface area contributed by atoms with Gasteiger partial charge in [-0.05, 0) is 43.2 Å². The summed E-state index contributed by atoms with van der Waals surface area (Å²) >= 11 is 6.12. The first-order valence-electron chi connectivity index (χ1n) is 10.8. The minimum absolute atomic E-state index is 0.0774. The first kappa shape index (κ1) is 23.1. The summed E-state index contributed by atoms with van der Waals surface area (Å²) in [5.74, 6) is -0.248. The summed E-state index contributed by atoms with van der Waals surface area (Å²) in [7, 11) is 3.34. The second-order valence-electron chi connectivity index (χ2n) is 8.19. The molecule has 3 amide bonds. The third-order valence-corrected chi connectivity index (χ3v) is 6.41. The summed E-state index contributed by atoms with van der Waals surface area (Å²) in [4.78, 5) is 39.3. The Morgan fingerprint density at radius 3 is 2.73 bits per heavy atom. The Kier molecular flexibility index (Phi) is 6.85. The van der Waals surface area contributed by atoms with E-state index in [1.165, 1.54) is 0 Å². The minimum Gasteiger partial charge on any atom is -0.490 e. The molecule has 2 aliphatic rings. The van der Waals surface area contributed by atoms with Crippen molar-refractivity contribution in [3.8, 4) is 5.75 Å². The van der Waals surface area contributed by atoms with Crippen molar-refractivity contribution >= 4 is 35.0 Å². The smallest absolute Gasteiger partial charge is 0.257 e. The number of likely N-dealkylation sites (N-methyl/N-ethyl adjacent to an activating group) is 1. The van der Waals surface area contributed by atoms with E-state index in [4.69, 9.17) is 21.1 Å². The third kappa shape index (κ3) is 4.96. The average molecular weight is 472 g/mol. The van der Waals surface area contributed by atoms with E-state index in [0.29, 0.717) is 40.4 Å². The fourth-order valence-corrected chi connectivity index (χ4v) is 4.48. The van der Waals surface area contributed by atoms with Crippen molar-refractivity contribution in [2.75, 3.05) is 26.0 Å². The van der Waals surface area contributed by atoms with Crippen LogP contribution in [0.2, 0.25) is 5.02 Å². The van der Waals surface area contributed by atoms with Gasteiger partial charge in [0.1, 0.15) is 18.5 Å². The van der Waals surface area contributed by atoms with Gasteiger partial charge in [0.2, 0.25) is 5.91 Å². The second kappa shape index (κ2) is 9.80. The quantitative estimate of drug-likeness (QED) is 0.714. The summed E-state index contributed by atoms with van der Waals surface area (Å²) in [5.41, 5.74) is 1.17. The van der Waals surface area contributed by atoms with Crippen LogP contribution in [0.1, 0.15) is 40.0 Å². The van der Waals surface area contributed by atoms with Gasteiger partial charge in [-0.25, -0.2) is 0 Å². The summed E-state index contributed by atoms with van der Waals surface area (Å²) < 4.78 is 12.1. The van der Waals surface area contributed by atoms with Gasteiger partial charge in [0.15, 0.2) is 0 Å². The standard InChI is InChI=1S/C24H26ClN3O5/c1-26-22(29)12-15-8-9-19-21(33-15)13-32-20-10-7-14(11-17(20)24(31)28(19)2)27-23(30)16-5-3-4-6-18(16)25/h3-7,10-11,15,19,21H,8-9,12-13H2,1-2H3,(H,26,29)(H,27,30)/t15-,19+,21-/m0/s1. The maximum atomic E-state index is 13.3. The first-order chi connectivity index (χ1) is 15.9. The average Bonchev–Trinajstić information content (AvgIpc) is 2.82. The first-order valence-corrected chi connectivity index (χ1v) is 11.2. The summed E-state index contributed by atoms with van der Waals surface area (Å²) in [5, 5.41) is 5.76. The Labute approximate surface area is 197 Å². The van der Waals surface area contributed by atoms with Crippen LogP contribution in [0.5, 0.6) is 5.75 Å². The van der Waals surface area contributed by atoms with Crippen LogP contribution < -0.4 is 15.4 Å². The van der Waals surface area contributed by atoms with Gasteiger partial charge in [-0.2, -0.15) is 0 Å². The molecule has 2 aromatic rings. The number of nitrogens with zero attached hydrogens (tertiary/aromatic N) is 1. The zero-order valence-electron chi connectivity index (χ0n) is 18.5. The molecule has 2 aromatic carbocycles. The highest BCUT2D eigenvalue weighted by Crippen LogP contribution is 2.32. The molecule has 3 atom stereocenters. The van der Waals surface area contributed by atoms with Crippen LogP contribution in [-0.4, -0.2) is 61.6 Å². The second-order valence-corrected chi connectivity index (χ2v) is 8.60. The monoisotopic (exact) mass is 471 g/mol. The van der Waals surface area contributed by atoms with Crippen molar-refractivity contribution in [3.63, 3.8) is 0 Å². The highest BCUT2D eigenvalue weighted by molar-refractivity contribution is 6.34. The van der Waals surface area contributed by atoms with Crippen LogP contribution in [0.25, 0.3) is 0 Å². The lowest BCUT2D eigenvalue weighted by Crippen LogP contribution is -2.53. The number of hydrogen-bond donors (Lipinski definition) is 2. The number of amides is 3. The fourth-order valence-electron chi connectivity index (χ4n) is 4.26. The molecule has 0 radical (unpaired) electrons. The van der Waals surface area contributed by atoms with Crippen LogP contribution in [0.3, 0.4) is 0 Å². The molecule has 1 saturated heterocycles. The molecule has 8 nitrogen and oxygen atoms in total. The lowest BCUT2D eigenvalue weighted by atomic mass is 9.94. The summed E-state index contributed by atoms with van der Waals surface area (Å²) in [6, 6.07) is 11.5. The topological polar surface area (TPSA) is 97.0 Å². The van der Waals surface area contributed by atoms with Crippen LogP contribution in [0, 0.1) is 0 Å². The van der Waals surface area contributed by atoms with E-state index in [0.717, 1.165) is 0 Å². The molecule has 0 bridgehead atoms. The van der Waals surface area contributed by atoms with E-state index in [1.807, 2.05) is 0 Å². The molecule has 2 heterocycles. The van der Waals surface area contributed by atoms with E-state index in [-0.39, 0.29) is 49.0 Å². The molecule has 2 N–H and O–H groups in total. The van der Waals surface area contributed by atoms with Gasteiger partial charge in [-0.15, -0.1) is 0 Å². The largest absolute Gasteiger partial charge is 0.490 e. The number of carbonyl (C=O) groups excluding carboxylic acids is 3. The molecule has 4 rings (SSSR count). The predicted molar refractivity (Wildman–Crippen MR) is 124 cm³/mol. The van der Waals surface area contributed by atoms with E-state index in [9.17, 15) is 14.4 Å². The lowest BCUT2D eigenvalue weighted by molar-refractivity contribution is -0.133. The molecule has 1 fully saturated rings. The molecule has 9 heteroatoms. The number of anilines is 1. The van der Waals surface area contributed by atoms with Gasteiger partial charge < -0.3 is 25.0 Å². The normalized spacial score (nSPS) is 22.2. The van der Waals surface area contributed by atoms with Crippen molar-refractivity contribution in [1.82, 2.24) is 10.2 Å². The van der Waals surface area contributed by atoms with Crippen LogP contribution in [0.4, 0.5) is 5.69 Å². The van der Waals surface area contributed by atoms with Gasteiger partial charge in [0.25, 0.3) is 11.8 Å². The van der Waals surface area contributed by atoms with Crippen molar-refractivity contribution < 1.29 is 23.9 Å². The molecule has 0 aromatic heterocycles. The molecule has 0 spiro atoms. The Hall–Kier alpha value is -3.10. The predicted octanol–water partition coefficient (Wildman–Crippen LogP) is 3.11. The molecule has 174 valence electrons. The maximum absolute atomic E-state index is 13.3. The third-order valence-electron chi connectivity index (χ3n) is 6.08.